The quantitative estimate of drug-likeness (QED) is 0.166. The minimum Gasteiger partial charge on any atom is -0.507 e. The molecule has 16 nitrogen and oxygen atoms in total. The van der Waals surface area contributed by atoms with Gasteiger partial charge in [-0.3, -0.25) is 9.59 Å². The van der Waals surface area contributed by atoms with Gasteiger partial charge in [0.05, 0.1) is 37.0 Å². The summed E-state index contributed by atoms with van der Waals surface area (Å²) >= 11 is 0. The maximum absolute atomic E-state index is 12.9. The van der Waals surface area contributed by atoms with Gasteiger partial charge >= 0.3 is 12.1 Å². The van der Waals surface area contributed by atoms with E-state index in [0.29, 0.717) is 24.1 Å². The van der Waals surface area contributed by atoms with Gasteiger partial charge in [0.2, 0.25) is 5.91 Å². The summed E-state index contributed by atoms with van der Waals surface area (Å²) in [6.07, 6.45) is -7.34. The Morgan fingerprint density at radius 1 is 1.16 bits per heavy atom. The van der Waals surface area contributed by atoms with E-state index >= 15 is 0 Å². The fourth-order valence-corrected chi connectivity index (χ4v) is 6.85. The third kappa shape index (κ3) is 8.98. The SMILES string of the molecule is CC(=O)N[C@H]1[C@H]([C@H](O)[C@H](O)CNC(=O)c2cc(C)c(O)c(C)c2)O[C@@](C[C@H]2COC[C@@]3(CCN(C(=O)OC(C)(C)C)C3)N2)(C(=O)O)C[C@@H]1O. The van der Waals surface area contributed by atoms with Crippen molar-refractivity contribution < 1.29 is 58.9 Å². The summed E-state index contributed by atoms with van der Waals surface area (Å²) in [6.45, 7) is 10.3. The van der Waals surface area contributed by atoms with Crippen LogP contribution < -0.4 is 16.0 Å². The second kappa shape index (κ2) is 14.7. The lowest BCUT2D eigenvalue weighted by atomic mass is 9.79. The molecule has 0 radical (unpaired) electrons. The minimum absolute atomic E-state index is 0.0436. The Labute approximate surface area is 285 Å². The van der Waals surface area contributed by atoms with Crippen molar-refractivity contribution in [3.05, 3.63) is 28.8 Å². The lowest BCUT2D eigenvalue weighted by Crippen LogP contribution is -2.69. The number of aryl methyl sites for hydroxylation is 2. The van der Waals surface area contributed by atoms with Gasteiger partial charge < -0.3 is 60.6 Å². The maximum atomic E-state index is 12.9. The Morgan fingerprint density at radius 3 is 2.41 bits per heavy atom. The molecule has 0 unspecified atom stereocenters. The highest BCUT2D eigenvalue weighted by atomic mass is 16.6. The summed E-state index contributed by atoms with van der Waals surface area (Å²) < 4.78 is 17.5. The number of benzene rings is 1. The van der Waals surface area contributed by atoms with Gasteiger partial charge in [-0.05, 0) is 64.3 Å². The number of phenolic OH excluding ortho intramolecular Hbond substituents is 1. The first kappa shape index (κ1) is 38.3. The number of carbonyl (C=O) groups is 4. The van der Waals surface area contributed by atoms with Crippen LogP contribution in [0.2, 0.25) is 0 Å². The first-order chi connectivity index (χ1) is 22.7. The number of aliphatic hydroxyl groups excluding tert-OH is 3. The number of morpholine rings is 1. The summed E-state index contributed by atoms with van der Waals surface area (Å²) in [5.41, 5.74) is -2.32. The van der Waals surface area contributed by atoms with Gasteiger partial charge in [0.15, 0.2) is 5.60 Å². The van der Waals surface area contributed by atoms with Crippen LogP contribution in [0.15, 0.2) is 12.1 Å². The number of aliphatic carboxylic acids is 1. The molecule has 3 saturated heterocycles. The minimum atomic E-state index is -2.09. The van der Waals surface area contributed by atoms with Gasteiger partial charge in [-0.15, -0.1) is 0 Å². The van der Waals surface area contributed by atoms with Crippen LogP contribution in [0.4, 0.5) is 4.79 Å². The molecule has 49 heavy (non-hydrogen) atoms. The number of hydrogen-bond acceptors (Lipinski definition) is 12. The molecule has 0 aromatic heterocycles. The Bertz CT molecular complexity index is 1400. The van der Waals surface area contributed by atoms with E-state index < -0.39 is 90.1 Å². The van der Waals surface area contributed by atoms with Gasteiger partial charge in [0, 0.05) is 51.0 Å². The maximum Gasteiger partial charge on any atom is 0.410 e. The molecule has 1 spiro atoms. The lowest BCUT2D eigenvalue weighted by molar-refractivity contribution is -0.232. The van der Waals surface area contributed by atoms with E-state index in [0.717, 1.165) is 0 Å². The van der Waals surface area contributed by atoms with E-state index in [1.165, 1.54) is 19.1 Å². The zero-order valence-corrected chi connectivity index (χ0v) is 28.8. The van der Waals surface area contributed by atoms with E-state index in [-0.39, 0.29) is 37.5 Å². The monoisotopic (exact) mass is 694 g/mol. The highest BCUT2D eigenvalue weighted by Crippen LogP contribution is 2.37. The lowest BCUT2D eigenvalue weighted by Gasteiger charge is -2.49. The zero-order chi connectivity index (χ0) is 36.5. The summed E-state index contributed by atoms with van der Waals surface area (Å²) in [5.74, 6) is -2.58. The Morgan fingerprint density at radius 2 is 1.82 bits per heavy atom. The van der Waals surface area contributed by atoms with E-state index in [1.807, 2.05) is 0 Å². The molecule has 1 aromatic carbocycles. The number of carboxylic acid groups (broad SMARTS) is 1. The Hall–Kier alpha value is -3.54. The standard InChI is InChI=1S/C33H50N4O12/c1-17-9-20(10-18(2)25(17)41)28(43)34-13-23(40)26(42)27-24(35-19(3)38)22(39)12-33(48-27,29(44)45)11-21-14-47-16-32(36-21)7-8-37(15-32)30(46)49-31(4,5)6/h9-10,21-24,26-27,36,39-42H,7-8,11-16H2,1-6H3,(H,34,43)(H,35,38)(H,44,45)/t21-,22-,23+,24+,26+,27+,32-,33+/m0/s1. The third-order valence-corrected chi connectivity index (χ3v) is 9.17. The molecule has 0 saturated carbocycles. The molecule has 3 aliphatic heterocycles. The van der Waals surface area contributed by atoms with Crippen molar-refractivity contribution in [2.75, 3.05) is 32.8 Å². The molecule has 3 fully saturated rings. The normalized spacial score (nSPS) is 30.0. The first-order valence-corrected chi connectivity index (χ1v) is 16.4. The molecule has 3 heterocycles. The summed E-state index contributed by atoms with van der Waals surface area (Å²) in [5, 5.41) is 62.5. The molecule has 16 heteroatoms. The zero-order valence-electron chi connectivity index (χ0n) is 28.8. The topological polar surface area (TPSA) is 236 Å². The average molecular weight is 695 g/mol. The summed E-state index contributed by atoms with van der Waals surface area (Å²) in [4.78, 5) is 52.1. The fourth-order valence-electron chi connectivity index (χ4n) is 6.85. The fraction of sp³-hybridized carbons (Fsp3) is 0.697. The Kier molecular flexibility index (Phi) is 11.5. The molecule has 3 aliphatic rings. The van der Waals surface area contributed by atoms with Crippen LogP contribution in [0.1, 0.15) is 68.4 Å². The van der Waals surface area contributed by atoms with Crippen molar-refractivity contribution in [3.8, 4) is 5.75 Å². The second-order valence-corrected chi connectivity index (χ2v) is 14.6. The number of nitrogens with zero attached hydrogens (tertiary/aromatic N) is 1. The number of amides is 3. The number of nitrogens with one attached hydrogen (secondary N) is 3. The number of carboxylic acids is 1. The van der Waals surface area contributed by atoms with Crippen LogP contribution in [0.3, 0.4) is 0 Å². The van der Waals surface area contributed by atoms with Crippen molar-refractivity contribution >= 4 is 23.9 Å². The number of rotatable bonds is 9. The number of aliphatic hydroxyl groups is 3. The van der Waals surface area contributed by atoms with E-state index in [9.17, 15) is 44.7 Å². The highest BCUT2D eigenvalue weighted by molar-refractivity contribution is 5.94. The van der Waals surface area contributed by atoms with E-state index in [4.69, 9.17) is 14.2 Å². The molecule has 4 rings (SSSR count). The first-order valence-electron chi connectivity index (χ1n) is 16.4. The van der Waals surface area contributed by atoms with Crippen molar-refractivity contribution in [1.29, 1.82) is 0 Å². The van der Waals surface area contributed by atoms with E-state index in [1.54, 1.807) is 39.5 Å². The van der Waals surface area contributed by atoms with Crippen molar-refractivity contribution in [1.82, 2.24) is 20.9 Å². The van der Waals surface area contributed by atoms with Crippen LogP contribution in [0.25, 0.3) is 0 Å². The molecule has 0 bridgehead atoms. The Balaban J connectivity index is 1.49. The van der Waals surface area contributed by atoms with E-state index in [2.05, 4.69) is 16.0 Å². The number of hydrogen-bond donors (Lipinski definition) is 8. The average Bonchev–Trinajstić information content (AvgIpc) is 3.40. The van der Waals surface area contributed by atoms with Gasteiger partial charge in [-0.25, -0.2) is 9.59 Å². The molecule has 0 aliphatic carbocycles. The molecular weight excluding hydrogens is 644 g/mol. The van der Waals surface area contributed by atoms with Gasteiger partial charge in [-0.2, -0.15) is 0 Å². The molecule has 274 valence electrons. The highest BCUT2D eigenvalue weighted by Gasteiger charge is 2.56. The number of likely N-dealkylation sites (tertiary alicyclic amines) is 1. The molecule has 1 aromatic rings. The predicted octanol–water partition coefficient (Wildman–Crippen LogP) is -0.303. The summed E-state index contributed by atoms with van der Waals surface area (Å²) in [7, 11) is 0. The van der Waals surface area contributed by atoms with Crippen LogP contribution in [0.5, 0.6) is 5.75 Å². The number of phenols is 1. The van der Waals surface area contributed by atoms with Crippen molar-refractivity contribution in [3.63, 3.8) is 0 Å². The largest absolute Gasteiger partial charge is 0.507 e. The molecule has 3 amide bonds. The number of ether oxygens (including phenoxy) is 3. The van der Waals surface area contributed by atoms with Crippen molar-refractivity contribution in [2.24, 2.45) is 0 Å². The smallest absolute Gasteiger partial charge is 0.410 e. The van der Waals surface area contributed by atoms with Gasteiger partial charge in [0.25, 0.3) is 5.91 Å². The number of carbonyl (C=O) groups excluding carboxylic acids is 3. The third-order valence-electron chi connectivity index (χ3n) is 9.17. The van der Waals surface area contributed by atoms with Crippen molar-refractivity contribution in [2.45, 2.75) is 114 Å². The van der Waals surface area contributed by atoms with Crippen LogP contribution in [0, 0.1) is 13.8 Å². The predicted molar refractivity (Wildman–Crippen MR) is 173 cm³/mol. The van der Waals surface area contributed by atoms with Gasteiger partial charge in [0.1, 0.15) is 23.6 Å². The second-order valence-electron chi connectivity index (χ2n) is 14.6. The van der Waals surface area contributed by atoms with Crippen LogP contribution >= 0.6 is 0 Å². The molecular formula is C33H50N4O12. The van der Waals surface area contributed by atoms with Crippen LogP contribution in [-0.2, 0) is 23.8 Å². The summed E-state index contributed by atoms with van der Waals surface area (Å²) in [6, 6.07) is 1.00. The number of aromatic hydroxyl groups is 1. The van der Waals surface area contributed by atoms with Crippen LogP contribution in [-0.4, -0.2) is 140 Å². The molecule has 8 atom stereocenters. The van der Waals surface area contributed by atoms with Gasteiger partial charge in [-0.1, -0.05) is 0 Å². The molecule has 8 N–H and O–H groups in total.